The van der Waals surface area contributed by atoms with Gasteiger partial charge in [0.05, 0.1) is 11.4 Å². The SMILES string of the molecule is CCc1[nH]n(-c2ccc(Cl)cc2)c(=O)c1P(=O)(O)O. The fraction of sp³-hybridized carbons (Fsp3) is 0.182. The maximum Gasteiger partial charge on any atom is 0.363 e. The van der Waals surface area contributed by atoms with E-state index in [1.807, 2.05) is 0 Å². The molecule has 0 aliphatic rings. The molecule has 19 heavy (non-hydrogen) atoms. The average molecular weight is 303 g/mol. The van der Waals surface area contributed by atoms with E-state index in [0.717, 1.165) is 4.68 Å². The third-order valence-electron chi connectivity index (χ3n) is 2.67. The van der Waals surface area contributed by atoms with Crippen molar-refractivity contribution >= 4 is 24.5 Å². The molecule has 0 unspecified atom stereocenters. The van der Waals surface area contributed by atoms with Crippen LogP contribution in [0.15, 0.2) is 29.1 Å². The number of nitrogens with zero attached hydrogens (tertiary/aromatic N) is 1. The summed E-state index contributed by atoms with van der Waals surface area (Å²) in [6.45, 7) is 1.70. The van der Waals surface area contributed by atoms with Crippen molar-refractivity contribution in [3.05, 3.63) is 45.3 Å². The van der Waals surface area contributed by atoms with E-state index in [0.29, 0.717) is 17.1 Å². The Bertz CT molecular complexity index is 698. The number of nitrogens with one attached hydrogen (secondary N) is 1. The number of halogens is 1. The van der Waals surface area contributed by atoms with Crippen LogP contribution in [-0.2, 0) is 11.0 Å². The van der Waals surface area contributed by atoms with Crippen LogP contribution >= 0.6 is 19.2 Å². The van der Waals surface area contributed by atoms with Gasteiger partial charge in [-0.1, -0.05) is 18.5 Å². The molecule has 1 heterocycles. The molecule has 6 nitrogen and oxygen atoms in total. The van der Waals surface area contributed by atoms with Gasteiger partial charge in [-0.25, -0.2) is 4.68 Å². The largest absolute Gasteiger partial charge is 0.363 e. The molecule has 0 amide bonds. The van der Waals surface area contributed by atoms with E-state index in [2.05, 4.69) is 5.10 Å². The van der Waals surface area contributed by atoms with Crippen LogP contribution in [0.25, 0.3) is 5.69 Å². The predicted molar refractivity (Wildman–Crippen MR) is 72.5 cm³/mol. The number of H-pyrrole nitrogens is 1. The van der Waals surface area contributed by atoms with Gasteiger partial charge in [0.1, 0.15) is 0 Å². The van der Waals surface area contributed by atoms with Crippen LogP contribution in [-0.4, -0.2) is 19.6 Å². The highest BCUT2D eigenvalue weighted by atomic mass is 35.5. The van der Waals surface area contributed by atoms with Gasteiger partial charge >= 0.3 is 7.60 Å². The Labute approximate surface area is 113 Å². The first kappa shape index (κ1) is 14.1. The highest BCUT2D eigenvalue weighted by Crippen LogP contribution is 2.33. The third-order valence-corrected chi connectivity index (χ3v) is 3.96. The molecule has 0 saturated carbocycles. The second-order valence-electron chi connectivity index (χ2n) is 3.95. The van der Waals surface area contributed by atoms with Crippen LogP contribution < -0.4 is 10.9 Å². The Kier molecular flexibility index (Phi) is 3.69. The zero-order chi connectivity index (χ0) is 14.2. The smallest absolute Gasteiger partial charge is 0.321 e. The van der Waals surface area contributed by atoms with Gasteiger partial charge in [0.2, 0.25) is 0 Å². The minimum absolute atomic E-state index is 0.230. The number of aromatic amines is 1. The average Bonchev–Trinajstić information content (AvgIpc) is 2.67. The van der Waals surface area contributed by atoms with Crippen LogP contribution in [0.2, 0.25) is 5.02 Å². The first-order valence-corrected chi connectivity index (χ1v) is 7.49. The van der Waals surface area contributed by atoms with Crippen LogP contribution in [0, 0.1) is 0 Å². The number of benzene rings is 1. The molecule has 2 rings (SSSR count). The maximum atomic E-state index is 12.1. The van der Waals surface area contributed by atoms with E-state index >= 15 is 0 Å². The zero-order valence-corrected chi connectivity index (χ0v) is 11.7. The van der Waals surface area contributed by atoms with Crippen molar-refractivity contribution in [1.29, 1.82) is 0 Å². The summed E-state index contributed by atoms with van der Waals surface area (Å²) in [5, 5.41) is 2.74. The highest BCUT2D eigenvalue weighted by Gasteiger charge is 2.29. The summed E-state index contributed by atoms with van der Waals surface area (Å²) in [6.07, 6.45) is 0.316. The van der Waals surface area contributed by atoms with Gasteiger partial charge < -0.3 is 9.79 Å². The lowest BCUT2D eigenvalue weighted by atomic mass is 10.3. The fourth-order valence-electron chi connectivity index (χ4n) is 1.79. The lowest BCUT2D eigenvalue weighted by molar-refractivity contribution is 0.387. The van der Waals surface area contributed by atoms with Crippen molar-refractivity contribution in [1.82, 2.24) is 9.78 Å². The highest BCUT2D eigenvalue weighted by molar-refractivity contribution is 7.60. The number of aryl methyl sites for hydroxylation is 1. The van der Waals surface area contributed by atoms with E-state index in [1.165, 1.54) is 0 Å². The van der Waals surface area contributed by atoms with Crippen molar-refractivity contribution in [2.75, 3.05) is 0 Å². The molecule has 8 heteroatoms. The zero-order valence-electron chi connectivity index (χ0n) is 10.00. The number of rotatable bonds is 3. The summed E-state index contributed by atoms with van der Waals surface area (Å²) in [6, 6.07) is 6.35. The normalized spacial score (nSPS) is 11.8. The lowest BCUT2D eigenvalue weighted by Gasteiger charge is -2.01. The fourth-order valence-corrected chi connectivity index (χ4v) is 2.83. The molecule has 0 aliphatic heterocycles. The molecule has 0 spiro atoms. The molecule has 0 fully saturated rings. The first-order valence-electron chi connectivity index (χ1n) is 5.50. The summed E-state index contributed by atoms with van der Waals surface area (Å²) < 4.78 is 12.5. The van der Waals surface area contributed by atoms with Crippen LogP contribution in [0.3, 0.4) is 0 Å². The molecule has 2 aromatic rings. The minimum Gasteiger partial charge on any atom is -0.321 e. The van der Waals surface area contributed by atoms with Gasteiger partial charge in [-0.2, -0.15) is 0 Å². The van der Waals surface area contributed by atoms with Gasteiger partial charge in [-0.3, -0.25) is 14.5 Å². The van der Waals surface area contributed by atoms with Crippen LogP contribution in [0.1, 0.15) is 12.6 Å². The Balaban J connectivity index is 2.67. The molecule has 102 valence electrons. The van der Waals surface area contributed by atoms with Crippen molar-refractivity contribution in [3.8, 4) is 5.69 Å². The maximum absolute atomic E-state index is 12.1. The first-order chi connectivity index (χ1) is 8.84. The van der Waals surface area contributed by atoms with E-state index < -0.39 is 18.5 Å². The molecule has 0 aliphatic carbocycles. The lowest BCUT2D eigenvalue weighted by Crippen LogP contribution is -2.28. The van der Waals surface area contributed by atoms with Gasteiger partial charge in [0.15, 0.2) is 5.30 Å². The molecule has 1 aromatic carbocycles. The summed E-state index contributed by atoms with van der Waals surface area (Å²) in [5.74, 6) is 0. The van der Waals surface area contributed by atoms with Gasteiger partial charge in [0.25, 0.3) is 5.56 Å². The molecule has 0 radical (unpaired) electrons. The molecule has 1 aromatic heterocycles. The van der Waals surface area contributed by atoms with E-state index in [9.17, 15) is 19.1 Å². The summed E-state index contributed by atoms with van der Waals surface area (Å²) in [5.41, 5.74) is -0.0513. The molecule has 0 saturated heterocycles. The molecule has 0 atom stereocenters. The molecular weight excluding hydrogens is 291 g/mol. The van der Waals surface area contributed by atoms with E-state index in [4.69, 9.17) is 11.6 Å². The van der Waals surface area contributed by atoms with E-state index in [-0.39, 0.29) is 5.69 Å². The Hall–Kier alpha value is -1.33. The van der Waals surface area contributed by atoms with E-state index in [1.54, 1.807) is 31.2 Å². The molecular formula is C11H12ClN2O4P. The monoisotopic (exact) mass is 302 g/mol. The predicted octanol–water partition coefficient (Wildman–Crippen LogP) is 1.18. The van der Waals surface area contributed by atoms with Crippen molar-refractivity contribution in [3.63, 3.8) is 0 Å². The standard InChI is InChI=1S/C11H12ClN2O4P/c1-2-9-10(19(16,17)18)11(15)14(13-9)8-5-3-7(12)4-6-8/h3-6,13H,2H2,1H3,(H2,16,17,18). The summed E-state index contributed by atoms with van der Waals surface area (Å²) in [4.78, 5) is 30.6. The molecule has 0 bridgehead atoms. The van der Waals surface area contributed by atoms with Crippen molar-refractivity contribution < 1.29 is 14.4 Å². The van der Waals surface area contributed by atoms with Crippen LogP contribution in [0.4, 0.5) is 0 Å². The van der Waals surface area contributed by atoms with Crippen molar-refractivity contribution in [2.24, 2.45) is 0 Å². The number of hydrogen-bond acceptors (Lipinski definition) is 2. The second-order valence-corrected chi connectivity index (χ2v) is 5.93. The van der Waals surface area contributed by atoms with Gasteiger partial charge in [0, 0.05) is 5.02 Å². The van der Waals surface area contributed by atoms with Gasteiger partial charge in [-0.05, 0) is 30.7 Å². The number of aromatic nitrogens is 2. The van der Waals surface area contributed by atoms with Crippen molar-refractivity contribution in [2.45, 2.75) is 13.3 Å². The topological polar surface area (TPSA) is 95.3 Å². The summed E-state index contributed by atoms with van der Waals surface area (Å²) >= 11 is 5.75. The second kappa shape index (κ2) is 4.98. The molecule has 3 N–H and O–H groups in total. The Morgan fingerprint density at radius 2 is 1.89 bits per heavy atom. The Morgan fingerprint density at radius 3 is 2.32 bits per heavy atom. The number of hydrogen-bond donors (Lipinski definition) is 3. The minimum atomic E-state index is -4.61. The van der Waals surface area contributed by atoms with Gasteiger partial charge in [-0.15, -0.1) is 0 Å². The Morgan fingerprint density at radius 1 is 1.32 bits per heavy atom. The van der Waals surface area contributed by atoms with Crippen LogP contribution in [0.5, 0.6) is 0 Å². The quantitative estimate of drug-likeness (QED) is 0.742. The summed E-state index contributed by atoms with van der Waals surface area (Å²) in [7, 11) is -4.61. The third kappa shape index (κ3) is 2.67.